The number of ether oxygens (including phenoxy) is 1. The zero-order chi connectivity index (χ0) is 15.4. The molecular weight excluding hydrogens is 260 g/mol. The summed E-state index contributed by atoms with van der Waals surface area (Å²) >= 11 is 0. The molecule has 2 aromatic carbocycles. The number of carbonyl (C=O) groups excluding carboxylic acids is 1. The van der Waals surface area contributed by atoms with Gasteiger partial charge in [0.25, 0.3) is 0 Å². The summed E-state index contributed by atoms with van der Waals surface area (Å²) < 4.78 is 4.70. The second-order valence-electron chi connectivity index (χ2n) is 5.24. The molecule has 2 nitrogen and oxygen atoms in total. The zero-order valence-corrected chi connectivity index (χ0v) is 12.9. The molecule has 21 heavy (non-hydrogen) atoms. The molecule has 2 rings (SSSR count). The first kappa shape index (κ1) is 15.0. The molecule has 0 N–H and O–H groups in total. The number of hydrogen-bond donors (Lipinski definition) is 0. The molecule has 0 spiro atoms. The lowest BCUT2D eigenvalue weighted by molar-refractivity contribution is 0.0601. The maximum Gasteiger partial charge on any atom is 0.337 e. The minimum atomic E-state index is -0.309. The molecule has 108 valence electrons. The van der Waals surface area contributed by atoms with Crippen LogP contribution in [0.5, 0.6) is 0 Å². The van der Waals surface area contributed by atoms with Crippen molar-refractivity contribution in [1.82, 2.24) is 0 Å². The molecule has 0 bridgehead atoms. The molecule has 0 aliphatic heterocycles. The number of hydrogen-bond acceptors (Lipinski definition) is 2. The smallest absolute Gasteiger partial charge is 0.337 e. The first-order chi connectivity index (χ1) is 10.0. The molecule has 0 radical (unpaired) electrons. The fraction of sp³-hybridized carbons (Fsp3) is 0.211. The van der Waals surface area contributed by atoms with E-state index >= 15 is 0 Å². The van der Waals surface area contributed by atoms with Crippen LogP contribution in [0.3, 0.4) is 0 Å². The molecule has 0 saturated carbocycles. The van der Waals surface area contributed by atoms with Gasteiger partial charge in [-0.3, -0.25) is 0 Å². The molecule has 0 amide bonds. The molecule has 2 aromatic rings. The van der Waals surface area contributed by atoms with E-state index in [1.807, 2.05) is 12.1 Å². The minimum Gasteiger partial charge on any atom is -0.465 e. The van der Waals surface area contributed by atoms with E-state index in [0.29, 0.717) is 5.56 Å². The van der Waals surface area contributed by atoms with Crippen LogP contribution in [0.25, 0.3) is 11.6 Å². The van der Waals surface area contributed by atoms with Gasteiger partial charge in [-0.15, -0.1) is 0 Å². The van der Waals surface area contributed by atoms with Crippen molar-refractivity contribution in [3.8, 4) is 0 Å². The topological polar surface area (TPSA) is 26.3 Å². The molecular formula is C19H20O2. The first-order valence-electron chi connectivity index (χ1n) is 6.95. The van der Waals surface area contributed by atoms with E-state index in [4.69, 9.17) is 4.74 Å². The minimum absolute atomic E-state index is 0.309. The van der Waals surface area contributed by atoms with Gasteiger partial charge in [-0.05, 0) is 60.7 Å². The Morgan fingerprint density at radius 2 is 1.57 bits per heavy atom. The monoisotopic (exact) mass is 280 g/mol. The van der Waals surface area contributed by atoms with Gasteiger partial charge >= 0.3 is 5.97 Å². The van der Waals surface area contributed by atoms with Gasteiger partial charge < -0.3 is 4.74 Å². The summed E-state index contributed by atoms with van der Waals surface area (Å²) in [6, 6.07) is 13.9. The number of allylic oxidation sites excluding steroid dienone is 1. The highest BCUT2D eigenvalue weighted by Gasteiger charge is 2.04. The van der Waals surface area contributed by atoms with Crippen LogP contribution in [0.2, 0.25) is 0 Å². The summed E-state index contributed by atoms with van der Waals surface area (Å²) in [5.41, 5.74) is 6.64. The molecule has 2 heteroatoms. The van der Waals surface area contributed by atoms with Crippen LogP contribution < -0.4 is 0 Å². The van der Waals surface area contributed by atoms with E-state index in [-0.39, 0.29) is 5.97 Å². The number of esters is 1. The molecule has 0 aliphatic rings. The SMILES string of the molecule is COC(=O)c1ccc(/C=C(/C)c2ccc(C)c(C)c2)cc1. The van der Waals surface area contributed by atoms with Gasteiger partial charge in [0, 0.05) is 0 Å². The zero-order valence-electron chi connectivity index (χ0n) is 12.9. The van der Waals surface area contributed by atoms with Crippen LogP contribution in [-0.4, -0.2) is 13.1 Å². The van der Waals surface area contributed by atoms with E-state index in [9.17, 15) is 4.79 Å². The van der Waals surface area contributed by atoms with Crippen molar-refractivity contribution in [3.63, 3.8) is 0 Å². The van der Waals surface area contributed by atoms with Crippen LogP contribution in [0.1, 0.15) is 39.5 Å². The normalized spacial score (nSPS) is 11.3. The van der Waals surface area contributed by atoms with Gasteiger partial charge in [0.1, 0.15) is 0 Å². The fourth-order valence-electron chi connectivity index (χ4n) is 2.15. The summed E-state index contributed by atoms with van der Waals surface area (Å²) in [5, 5.41) is 0. The Balaban J connectivity index is 2.25. The number of rotatable bonds is 3. The summed E-state index contributed by atoms with van der Waals surface area (Å²) in [6.07, 6.45) is 2.12. The summed E-state index contributed by atoms with van der Waals surface area (Å²) in [7, 11) is 1.39. The molecule has 0 heterocycles. The van der Waals surface area contributed by atoms with Crippen molar-refractivity contribution in [2.75, 3.05) is 7.11 Å². The van der Waals surface area contributed by atoms with Gasteiger partial charge in [-0.2, -0.15) is 0 Å². The molecule has 0 aliphatic carbocycles. The standard InChI is InChI=1S/C19H20O2/c1-13-5-8-18(12-14(13)2)15(3)11-16-6-9-17(10-7-16)19(20)21-4/h5-12H,1-4H3/b15-11-. The van der Waals surface area contributed by atoms with Crippen molar-refractivity contribution in [3.05, 3.63) is 70.3 Å². The van der Waals surface area contributed by atoms with Crippen LogP contribution >= 0.6 is 0 Å². The predicted molar refractivity (Wildman–Crippen MR) is 87.2 cm³/mol. The molecule has 0 atom stereocenters. The highest BCUT2D eigenvalue weighted by Crippen LogP contribution is 2.20. The Morgan fingerprint density at radius 3 is 2.14 bits per heavy atom. The van der Waals surface area contributed by atoms with Crippen molar-refractivity contribution < 1.29 is 9.53 Å². The Kier molecular flexibility index (Phi) is 4.59. The lowest BCUT2D eigenvalue weighted by atomic mass is 9.99. The Bertz CT molecular complexity index is 679. The molecule has 0 aromatic heterocycles. The Labute approximate surface area is 126 Å². The quantitative estimate of drug-likeness (QED) is 0.604. The lowest BCUT2D eigenvalue weighted by Crippen LogP contribution is -2.00. The van der Waals surface area contributed by atoms with Crippen LogP contribution in [-0.2, 0) is 4.74 Å². The van der Waals surface area contributed by atoms with Crippen LogP contribution in [0.4, 0.5) is 0 Å². The van der Waals surface area contributed by atoms with Gasteiger partial charge in [0.15, 0.2) is 0 Å². The number of methoxy groups -OCH3 is 1. The number of benzene rings is 2. The average Bonchev–Trinajstić information content (AvgIpc) is 2.50. The van der Waals surface area contributed by atoms with Crippen LogP contribution in [0, 0.1) is 13.8 Å². The summed E-state index contributed by atoms with van der Waals surface area (Å²) in [6.45, 7) is 6.33. The highest BCUT2D eigenvalue weighted by atomic mass is 16.5. The van der Waals surface area contributed by atoms with E-state index in [2.05, 4.69) is 45.0 Å². The lowest BCUT2D eigenvalue weighted by Gasteiger charge is -2.06. The molecule has 0 saturated heterocycles. The van der Waals surface area contributed by atoms with Crippen molar-refractivity contribution in [1.29, 1.82) is 0 Å². The summed E-state index contributed by atoms with van der Waals surface area (Å²) in [4.78, 5) is 11.4. The predicted octanol–water partition coefficient (Wildman–Crippen LogP) is 4.65. The third kappa shape index (κ3) is 3.60. The second kappa shape index (κ2) is 6.40. The first-order valence-corrected chi connectivity index (χ1v) is 6.95. The number of aryl methyl sites for hydroxylation is 2. The Hall–Kier alpha value is -2.35. The van der Waals surface area contributed by atoms with E-state index in [1.54, 1.807) is 12.1 Å². The van der Waals surface area contributed by atoms with Gasteiger partial charge in [0.2, 0.25) is 0 Å². The third-order valence-corrected chi connectivity index (χ3v) is 3.68. The third-order valence-electron chi connectivity index (χ3n) is 3.68. The van der Waals surface area contributed by atoms with Crippen molar-refractivity contribution >= 4 is 17.6 Å². The van der Waals surface area contributed by atoms with E-state index in [0.717, 1.165) is 5.56 Å². The largest absolute Gasteiger partial charge is 0.465 e. The average molecular weight is 280 g/mol. The fourth-order valence-corrected chi connectivity index (χ4v) is 2.15. The Morgan fingerprint density at radius 1 is 0.952 bits per heavy atom. The van der Waals surface area contributed by atoms with Crippen molar-refractivity contribution in [2.24, 2.45) is 0 Å². The maximum absolute atomic E-state index is 11.4. The van der Waals surface area contributed by atoms with E-state index < -0.39 is 0 Å². The highest BCUT2D eigenvalue weighted by molar-refractivity contribution is 5.90. The molecule has 0 fully saturated rings. The van der Waals surface area contributed by atoms with Gasteiger partial charge in [-0.1, -0.05) is 36.4 Å². The summed E-state index contributed by atoms with van der Waals surface area (Å²) in [5.74, 6) is -0.309. The van der Waals surface area contributed by atoms with Crippen LogP contribution in [0.15, 0.2) is 42.5 Å². The maximum atomic E-state index is 11.4. The molecule has 0 unspecified atom stereocenters. The second-order valence-corrected chi connectivity index (χ2v) is 5.24. The van der Waals surface area contributed by atoms with E-state index in [1.165, 1.54) is 29.4 Å². The van der Waals surface area contributed by atoms with Gasteiger partial charge in [0.05, 0.1) is 12.7 Å². The van der Waals surface area contributed by atoms with Gasteiger partial charge in [-0.25, -0.2) is 4.79 Å². The van der Waals surface area contributed by atoms with Crippen molar-refractivity contribution in [2.45, 2.75) is 20.8 Å². The number of carbonyl (C=O) groups is 1.